The van der Waals surface area contributed by atoms with Crippen molar-refractivity contribution in [2.45, 2.75) is 19.4 Å². The largest absolute Gasteiger partial charge is 0.352 e. The van der Waals surface area contributed by atoms with Gasteiger partial charge in [0.05, 0.1) is 5.56 Å². The Morgan fingerprint density at radius 2 is 1.71 bits per heavy atom. The number of rotatable bonds is 7. The van der Waals surface area contributed by atoms with E-state index in [9.17, 15) is 18.4 Å². The van der Waals surface area contributed by atoms with Gasteiger partial charge in [-0.3, -0.25) is 9.59 Å². The molecule has 0 aliphatic rings. The van der Waals surface area contributed by atoms with Crippen LogP contribution in [-0.4, -0.2) is 18.4 Å². The van der Waals surface area contributed by atoms with Gasteiger partial charge in [-0.15, -0.1) is 0 Å². The number of nitrogens with one attached hydrogen (secondary N) is 2. The highest BCUT2D eigenvalue weighted by Crippen LogP contribution is 2.09. The molecule has 0 unspecified atom stereocenters. The SMILES string of the molecule is O=C(CCCNC(=O)c1ccc(F)cc1F)NCc1ccccc1. The van der Waals surface area contributed by atoms with Crippen LogP contribution in [0.3, 0.4) is 0 Å². The van der Waals surface area contributed by atoms with Crippen molar-refractivity contribution in [1.29, 1.82) is 0 Å². The van der Waals surface area contributed by atoms with Crippen LogP contribution in [0.4, 0.5) is 8.78 Å². The minimum Gasteiger partial charge on any atom is -0.352 e. The maximum atomic E-state index is 13.4. The van der Waals surface area contributed by atoms with E-state index in [1.54, 1.807) is 0 Å². The van der Waals surface area contributed by atoms with Gasteiger partial charge in [0.2, 0.25) is 5.91 Å². The predicted octanol–water partition coefficient (Wildman–Crippen LogP) is 2.79. The average molecular weight is 332 g/mol. The standard InChI is InChI=1S/C18H18F2N2O2/c19-14-8-9-15(16(20)11-14)18(24)21-10-4-7-17(23)22-12-13-5-2-1-3-6-13/h1-3,5-6,8-9,11H,4,7,10,12H2,(H,21,24)(H,22,23). The van der Waals surface area contributed by atoms with Crippen molar-refractivity contribution in [3.8, 4) is 0 Å². The minimum absolute atomic E-state index is 0.124. The quantitative estimate of drug-likeness (QED) is 0.766. The Morgan fingerprint density at radius 3 is 2.42 bits per heavy atom. The van der Waals surface area contributed by atoms with Crippen LogP contribution in [0.1, 0.15) is 28.8 Å². The first-order valence-corrected chi connectivity index (χ1v) is 7.60. The number of amides is 2. The molecule has 2 rings (SSSR count). The lowest BCUT2D eigenvalue weighted by Crippen LogP contribution is -2.28. The second kappa shape index (κ2) is 8.76. The van der Waals surface area contributed by atoms with E-state index < -0.39 is 17.5 Å². The van der Waals surface area contributed by atoms with Gasteiger partial charge in [0.1, 0.15) is 11.6 Å². The van der Waals surface area contributed by atoms with Crippen LogP contribution >= 0.6 is 0 Å². The molecular weight excluding hydrogens is 314 g/mol. The zero-order valence-electron chi connectivity index (χ0n) is 13.0. The molecule has 2 aromatic carbocycles. The highest BCUT2D eigenvalue weighted by molar-refractivity contribution is 5.94. The Kier molecular flexibility index (Phi) is 6.42. The normalized spacial score (nSPS) is 10.2. The van der Waals surface area contributed by atoms with Gasteiger partial charge >= 0.3 is 0 Å². The predicted molar refractivity (Wildman–Crippen MR) is 86.2 cm³/mol. The molecule has 24 heavy (non-hydrogen) atoms. The Morgan fingerprint density at radius 1 is 0.958 bits per heavy atom. The van der Waals surface area contributed by atoms with Crippen LogP contribution in [0.15, 0.2) is 48.5 Å². The molecule has 6 heteroatoms. The summed E-state index contributed by atoms with van der Waals surface area (Å²) in [5, 5.41) is 5.29. The van der Waals surface area contributed by atoms with Gasteiger partial charge in [0.15, 0.2) is 0 Å². The molecule has 0 fully saturated rings. The van der Waals surface area contributed by atoms with Crippen LogP contribution in [0.25, 0.3) is 0 Å². The Hall–Kier alpha value is -2.76. The van der Waals surface area contributed by atoms with E-state index in [4.69, 9.17) is 0 Å². The Balaban J connectivity index is 1.67. The van der Waals surface area contributed by atoms with Crippen molar-refractivity contribution in [1.82, 2.24) is 10.6 Å². The molecule has 0 aliphatic carbocycles. The first-order valence-electron chi connectivity index (χ1n) is 7.60. The summed E-state index contributed by atoms with van der Waals surface area (Å²) >= 11 is 0. The number of carbonyl (C=O) groups is 2. The fourth-order valence-electron chi connectivity index (χ4n) is 2.10. The molecule has 2 aromatic rings. The monoisotopic (exact) mass is 332 g/mol. The summed E-state index contributed by atoms with van der Waals surface area (Å²) in [5.74, 6) is -2.40. The van der Waals surface area contributed by atoms with Crippen LogP contribution in [0, 0.1) is 11.6 Å². The van der Waals surface area contributed by atoms with Crippen molar-refractivity contribution in [2.75, 3.05) is 6.54 Å². The molecule has 0 aliphatic heterocycles. The maximum Gasteiger partial charge on any atom is 0.254 e. The van der Waals surface area contributed by atoms with Crippen molar-refractivity contribution in [2.24, 2.45) is 0 Å². The number of benzene rings is 2. The number of halogens is 2. The molecule has 2 amide bonds. The van der Waals surface area contributed by atoms with E-state index >= 15 is 0 Å². The molecule has 0 radical (unpaired) electrons. The smallest absolute Gasteiger partial charge is 0.254 e. The topological polar surface area (TPSA) is 58.2 Å². The lowest BCUT2D eigenvalue weighted by molar-refractivity contribution is -0.121. The van der Waals surface area contributed by atoms with Crippen LogP contribution in [0.5, 0.6) is 0 Å². The minimum atomic E-state index is -0.909. The van der Waals surface area contributed by atoms with Gasteiger partial charge in [-0.2, -0.15) is 0 Å². The molecule has 4 nitrogen and oxygen atoms in total. The lowest BCUT2D eigenvalue weighted by atomic mass is 10.2. The van der Waals surface area contributed by atoms with Crippen LogP contribution in [-0.2, 0) is 11.3 Å². The molecule has 0 saturated carbocycles. The summed E-state index contributed by atoms with van der Waals surface area (Å²) in [7, 11) is 0. The molecule has 0 heterocycles. The van der Waals surface area contributed by atoms with Gasteiger partial charge in [-0.05, 0) is 24.1 Å². The van der Waals surface area contributed by atoms with Crippen molar-refractivity contribution in [3.63, 3.8) is 0 Å². The van der Waals surface area contributed by atoms with Gasteiger partial charge in [-0.1, -0.05) is 30.3 Å². The molecule has 0 bridgehead atoms. The molecule has 0 spiro atoms. The fraction of sp³-hybridized carbons (Fsp3) is 0.222. The van der Waals surface area contributed by atoms with E-state index in [1.165, 1.54) is 0 Å². The number of hydrogen-bond acceptors (Lipinski definition) is 2. The van der Waals surface area contributed by atoms with E-state index in [0.29, 0.717) is 19.0 Å². The van der Waals surface area contributed by atoms with E-state index in [1.807, 2.05) is 30.3 Å². The summed E-state index contributed by atoms with van der Waals surface area (Å²) in [6.07, 6.45) is 0.675. The molecule has 0 atom stereocenters. The van der Waals surface area contributed by atoms with Gasteiger partial charge in [0, 0.05) is 25.6 Å². The summed E-state index contributed by atoms with van der Waals surface area (Å²) in [5.41, 5.74) is 0.788. The highest BCUT2D eigenvalue weighted by atomic mass is 19.1. The first-order chi connectivity index (χ1) is 11.6. The fourth-order valence-corrected chi connectivity index (χ4v) is 2.10. The molecule has 0 aromatic heterocycles. The zero-order chi connectivity index (χ0) is 17.4. The summed E-state index contributed by atoms with van der Waals surface area (Å²) in [6, 6.07) is 12.3. The number of carbonyl (C=O) groups excluding carboxylic acids is 2. The van der Waals surface area contributed by atoms with Crippen molar-refractivity contribution >= 4 is 11.8 Å². The van der Waals surface area contributed by atoms with Crippen molar-refractivity contribution < 1.29 is 18.4 Å². The van der Waals surface area contributed by atoms with E-state index in [2.05, 4.69) is 10.6 Å². The molecule has 126 valence electrons. The second-order valence-corrected chi connectivity index (χ2v) is 5.25. The van der Waals surface area contributed by atoms with Gasteiger partial charge in [-0.25, -0.2) is 8.78 Å². The van der Waals surface area contributed by atoms with Gasteiger partial charge < -0.3 is 10.6 Å². The lowest BCUT2D eigenvalue weighted by Gasteiger charge is -2.07. The van der Waals surface area contributed by atoms with E-state index in [0.717, 1.165) is 17.7 Å². The average Bonchev–Trinajstić information content (AvgIpc) is 2.57. The van der Waals surface area contributed by atoms with Gasteiger partial charge in [0.25, 0.3) is 5.91 Å². The molecule has 0 saturated heterocycles. The summed E-state index contributed by atoms with van der Waals surface area (Å²) in [4.78, 5) is 23.5. The third-order valence-electron chi connectivity index (χ3n) is 3.37. The maximum absolute atomic E-state index is 13.4. The van der Waals surface area contributed by atoms with Crippen LogP contribution < -0.4 is 10.6 Å². The third-order valence-corrected chi connectivity index (χ3v) is 3.37. The summed E-state index contributed by atoms with van der Waals surface area (Å²) < 4.78 is 26.2. The third kappa shape index (κ3) is 5.46. The second-order valence-electron chi connectivity index (χ2n) is 5.25. The van der Waals surface area contributed by atoms with E-state index in [-0.39, 0.29) is 24.4 Å². The molecular formula is C18H18F2N2O2. The van der Waals surface area contributed by atoms with Crippen LogP contribution in [0.2, 0.25) is 0 Å². The Labute approximate surface area is 138 Å². The molecule has 2 N–H and O–H groups in total. The highest BCUT2D eigenvalue weighted by Gasteiger charge is 2.12. The Bertz CT molecular complexity index is 705. The van der Waals surface area contributed by atoms with Crippen molar-refractivity contribution in [3.05, 3.63) is 71.3 Å². The summed E-state index contributed by atoms with van der Waals surface area (Å²) in [6.45, 7) is 0.682. The zero-order valence-corrected chi connectivity index (χ0v) is 13.0. The number of hydrogen-bond donors (Lipinski definition) is 2. The first kappa shape index (κ1) is 17.6.